The smallest absolute Gasteiger partial charge is 0.174 e. The highest BCUT2D eigenvalue weighted by Gasteiger charge is 2.44. The number of rotatable bonds is 13. The van der Waals surface area contributed by atoms with Crippen molar-refractivity contribution in [1.29, 1.82) is 0 Å². The van der Waals surface area contributed by atoms with Crippen molar-refractivity contribution in [2.45, 2.75) is 102 Å². The van der Waals surface area contributed by atoms with Crippen LogP contribution in [0.25, 0.3) is 0 Å². The predicted octanol–water partition coefficient (Wildman–Crippen LogP) is 7.77. The van der Waals surface area contributed by atoms with Crippen LogP contribution in [0, 0.1) is 59.3 Å². The topological polar surface area (TPSA) is 51.2 Å². The van der Waals surface area contributed by atoms with Gasteiger partial charge in [-0.3, -0.25) is 14.4 Å². The molecule has 4 heteroatoms. The van der Waals surface area contributed by atoms with Crippen molar-refractivity contribution in [2.75, 3.05) is 0 Å². The molecule has 0 saturated heterocycles. The van der Waals surface area contributed by atoms with E-state index in [1.165, 1.54) is 16.7 Å². The SMILES string of the molecule is C=C[Si](c1cc(C)c(CC(C)C)c(C)c1C=O)(c1cc(C)c(CC(C)C)c(C)c1C=O)c1cc(C)c(CC(C)C)c(C)c1C=O. The molecule has 0 unspecified atom stereocenters. The van der Waals surface area contributed by atoms with Gasteiger partial charge in [-0.2, -0.15) is 0 Å². The van der Waals surface area contributed by atoms with E-state index in [0.717, 1.165) is 87.1 Å². The van der Waals surface area contributed by atoms with Crippen LogP contribution in [0.5, 0.6) is 0 Å². The molecule has 0 fully saturated rings. The number of hydrogen-bond donors (Lipinski definition) is 0. The number of aldehydes is 3. The summed E-state index contributed by atoms with van der Waals surface area (Å²) in [7, 11) is -3.40. The van der Waals surface area contributed by atoms with Crippen molar-refractivity contribution in [3.63, 3.8) is 0 Å². The molecule has 0 aliphatic carbocycles. The third-order valence-corrected chi connectivity index (χ3v) is 14.1. The third kappa shape index (κ3) is 6.63. The summed E-state index contributed by atoms with van der Waals surface area (Å²) in [6.45, 7) is 30.2. The lowest BCUT2D eigenvalue weighted by molar-refractivity contribution is 0.111. The fraction of sp³-hybridized carbons (Fsp3) is 0.439. The molecule has 0 aliphatic heterocycles. The average Bonchev–Trinajstić information content (AvgIpc) is 2.96. The molecular formula is C41H54O3Si. The number of aryl methyl sites for hydroxylation is 3. The molecule has 240 valence electrons. The Labute approximate surface area is 273 Å². The highest BCUT2D eigenvalue weighted by Crippen LogP contribution is 2.29. The molecule has 0 saturated carbocycles. The summed E-state index contributed by atoms with van der Waals surface area (Å²) >= 11 is 0. The Kier molecular flexibility index (Phi) is 11.5. The van der Waals surface area contributed by atoms with Crippen LogP contribution in [0.1, 0.15) is 123 Å². The molecule has 0 amide bonds. The second kappa shape index (κ2) is 14.4. The molecule has 3 aromatic rings. The van der Waals surface area contributed by atoms with Crippen molar-refractivity contribution in [3.8, 4) is 0 Å². The fourth-order valence-electron chi connectivity index (χ4n) is 7.49. The Morgan fingerprint density at radius 3 is 0.956 bits per heavy atom. The van der Waals surface area contributed by atoms with Crippen LogP contribution in [0.15, 0.2) is 30.5 Å². The largest absolute Gasteiger partial charge is 0.298 e. The molecule has 3 aromatic carbocycles. The monoisotopic (exact) mass is 622 g/mol. The molecule has 0 atom stereocenters. The van der Waals surface area contributed by atoms with Crippen LogP contribution in [0.2, 0.25) is 0 Å². The summed E-state index contributed by atoms with van der Waals surface area (Å²) < 4.78 is 0. The lowest BCUT2D eigenvalue weighted by atomic mass is 9.91. The zero-order chi connectivity index (χ0) is 34.0. The molecule has 0 spiro atoms. The highest BCUT2D eigenvalue weighted by atomic mass is 28.3. The van der Waals surface area contributed by atoms with Gasteiger partial charge in [0.25, 0.3) is 0 Å². The molecule has 0 bridgehead atoms. The van der Waals surface area contributed by atoms with Gasteiger partial charge in [0.1, 0.15) is 18.9 Å². The maximum Gasteiger partial charge on any atom is 0.174 e. The van der Waals surface area contributed by atoms with Gasteiger partial charge in [-0.25, -0.2) is 0 Å². The van der Waals surface area contributed by atoms with E-state index in [9.17, 15) is 14.4 Å². The van der Waals surface area contributed by atoms with Crippen molar-refractivity contribution >= 4 is 42.5 Å². The summed E-state index contributed by atoms with van der Waals surface area (Å²) in [6.07, 6.45) is 5.56. The second-order valence-corrected chi connectivity index (χ2v) is 18.1. The van der Waals surface area contributed by atoms with E-state index in [0.29, 0.717) is 34.4 Å². The van der Waals surface area contributed by atoms with E-state index in [4.69, 9.17) is 0 Å². The predicted molar refractivity (Wildman–Crippen MR) is 194 cm³/mol. The maximum absolute atomic E-state index is 13.2. The summed E-state index contributed by atoms with van der Waals surface area (Å²) in [5.41, 5.74) is 13.8. The summed E-state index contributed by atoms with van der Waals surface area (Å²) in [4.78, 5) is 39.6. The summed E-state index contributed by atoms with van der Waals surface area (Å²) in [5, 5.41) is 2.69. The quantitative estimate of drug-likeness (QED) is 0.111. The number of carbonyl (C=O) groups excluding carboxylic acids is 3. The first kappa shape index (κ1) is 36.1. The van der Waals surface area contributed by atoms with E-state index in [1.54, 1.807) is 0 Å². The van der Waals surface area contributed by atoms with Crippen LogP contribution in [0.3, 0.4) is 0 Å². The van der Waals surface area contributed by atoms with Gasteiger partial charge in [0, 0.05) is 16.7 Å². The lowest BCUT2D eigenvalue weighted by Crippen LogP contribution is -2.69. The van der Waals surface area contributed by atoms with Crippen molar-refractivity contribution < 1.29 is 14.4 Å². The lowest BCUT2D eigenvalue weighted by Gasteiger charge is -2.37. The van der Waals surface area contributed by atoms with E-state index in [2.05, 4.69) is 87.1 Å². The highest BCUT2D eigenvalue weighted by molar-refractivity contribution is 7.16. The van der Waals surface area contributed by atoms with E-state index in [1.807, 2.05) is 26.5 Å². The van der Waals surface area contributed by atoms with E-state index >= 15 is 0 Å². The third-order valence-electron chi connectivity index (χ3n) is 9.72. The normalized spacial score (nSPS) is 11.9. The Bertz CT molecular complexity index is 1450. The summed E-state index contributed by atoms with van der Waals surface area (Å²) in [5.74, 6) is 1.28. The van der Waals surface area contributed by atoms with Crippen LogP contribution in [-0.2, 0) is 19.3 Å². The zero-order valence-electron chi connectivity index (χ0n) is 29.8. The molecule has 0 radical (unpaired) electrons. The van der Waals surface area contributed by atoms with Crippen LogP contribution in [-0.4, -0.2) is 26.9 Å². The molecular weight excluding hydrogens is 569 g/mol. The Hall–Kier alpha value is -3.37. The molecule has 0 aromatic heterocycles. The Balaban J connectivity index is 2.73. The minimum absolute atomic E-state index is 0.426. The fourth-order valence-corrected chi connectivity index (χ4v) is 12.4. The van der Waals surface area contributed by atoms with Gasteiger partial charge < -0.3 is 0 Å². The van der Waals surface area contributed by atoms with Crippen LogP contribution >= 0.6 is 0 Å². The Morgan fingerprint density at radius 2 is 0.778 bits per heavy atom. The van der Waals surface area contributed by atoms with Gasteiger partial charge in [-0.15, -0.1) is 6.58 Å². The second-order valence-electron chi connectivity index (χ2n) is 14.4. The number of carbonyl (C=O) groups is 3. The standard InChI is InChI=1S/C41H54O3Si/c1-14-45(39-18-27(8)33(15-24(2)3)30(11)36(39)21-42,40-19-28(9)34(16-25(4)5)31(12)37(40)22-43)41-20-29(10)35(17-26(6)7)32(13)38(41)23-44/h14,18-26H,1,15-17H2,2-13H3. The van der Waals surface area contributed by atoms with E-state index in [-0.39, 0.29) is 0 Å². The number of benzene rings is 3. The maximum atomic E-state index is 13.2. The van der Waals surface area contributed by atoms with Gasteiger partial charge in [0.2, 0.25) is 0 Å². The van der Waals surface area contributed by atoms with Gasteiger partial charge in [-0.05, 0) is 144 Å². The van der Waals surface area contributed by atoms with Gasteiger partial charge in [0.15, 0.2) is 8.07 Å². The van der Waals surface area contributed by atoms with E-state index < -0.39 is 8.07 Å². The first-order valence-corrected chi connectivity index (χ1v) is 18.6. The Morgan fingerprint density at radius 1 is 0.533 bits per heavy atom. The van der Waals surface area contributed by atoms with Gasteiger partial charge in [0.05, 0.1) is 0 Å². The van der Waals surface area contributed by atoms with Crippen molar-refractivity contribution in [2.24, 2.45) is 17.8 Å². The molecule has 3 rings (SSSR count). The van der Waals surface area contributed by atoms with Crippen LogP contribution in [0.4, 0.5) is 0 Å². The zero-order valence-corrected chi connectivity index (χ0v) is 30.8. The molecule has 3 nitrogen and oxygen atoms in total. The first-order chi connectivity index (χ1) is 21.1. The molecule has 45 heavy (non-hydrogen) atoms. The molecule has 0 heterocycles. The molecule has 0 aliphatic rings. The first-order valence-electron chi connectivity index (χ1n) is 16.5. The van der Waals surface area contributed by atoms with Crippen molar-refractivity contribution in [3.05, 3.63) is 97.2 Å². The van der Waals surface area contributed by atoms with Gasteiger partial charge >= 0.3 is 0 Å². The minimum Gasteiger partial charge on any atom is -0.298 e. The minimum atomic E-state index is -3.40. The average molecular weight is 623 g/mol. The summed E-state index contributed by atoms with van der Waals surface area (Å²) in [6, 6.07) is 6.51. The van der Waals surface area contributed by atoms with Gasteiger partial charge in [-0.1, -0.05) is 65.4 Å². The molecule has 0 N–H and O–H groups in total. The van der Waals surface area contributed by atoms with Crippen molar-refractivity contribution in [1.82, 2.24) is 0 Å². The number of hydrogen-bond acceptors (Lipinski definition) is 3. The van der Waals surface area contributed by atoms with Crippen LogP contribution < -0.4 is 15.6 Å².